The summed E-state index contributed by atoms with van der Waals surface area (Å²) in [6, 6.07) is 1.97. The molecule has 0 fully saturated rings. The summed E-state index contributed by atoms with van der Waals surface area (Å²) in [6.07, 6.45) is 0. The first kappa shape index (κ1) is 14.9. The summed E-state index contributed by atoms with van der Waals surface area (Å²) in [5.41, 5.74) is 0.241. The van der Waals surface area contributed by atoms with Gasteiger partial charge in [0.05, 0.1) is 5.60 Å². The van der Waals surface area contributed by atoms with Crippen molar-refractivity contribution in [2.75, 3.05) is 18.0 Å². The molecule has 1 heterocycles. The van der Waals surface area contributed by atoms with Gasteiger partial charge in [-0.2, -0.15) is 0 Å². The van der Waals surface area contributed by atoms with Gasteiger partial charge in [-0.05, 0) is 27.7 Å². The predicted molar refractivity (Wildman–Crippen MR) is 75.0 cm³/mol. The molecule has 4 nitrogen and oxygen atoms in total. The molecule has 0 unspecified atom stereocenters. The Labute approximate surface area is 110 Å². The topological polar surface area (TPSA) is 49.2 Å². The summed E-state index contributed by atoms with van der Waals surface area (Å²) < 4.78 is 0. The zero-order valence-electron chi connectivity index (χ0n) is 12.4. The molecule has 0 aromatic carbocycles. The van der Waals surface area contributed by atoms with Crippen molar-refractivity contribution in [1.29, 1.82) is 0 Å². The first-order valence-corrected chi connectivity index (χ1v) is 6.56. The highest BCUT2D eigenvalue weighted by molar-refractivity contribution is 5.40. The van der Waals surface area contributed by atoms with Crippen LogP contribution >= 0.6 is 0 Å². The Morgan fingerprint density at radius 3 is 2.39 bits per heavy atom. The van der Waals surface area contributed by atoms with Gasteiger partial charge in [-0.3, -0.25) is 0 Å². The molecule has 102 valence electrons. The Kier molecular flexibility index (Phi) is 4.68. The van der Waals surface area contributed by atoms with Crippen LogP contribution < -0.4 is 4.90 Å². The summed E-state index contributed by atoms with van der Waals surface area (Å²) in [6.45, 7) is 13.2. The third-order valence-electron chi connectivity index (χ3n) is 2.66. The number of rotatable bonds is 5. The predicted octanol–water partition coefficient (Wildman–Crippen LogP) is 2.51. The van der Waals surface area contributed by atoms with Crippen LogP contribution in [0, 0.1) is 6.92 Å². The zero-order chi connectivity index (χ0) is 13.9. The zero-order valence-corrected chi connectivity index (χ0v) is 12.4. The lowest BCUT2D eigenvalue weighted by Crippen LogP contribution is -2.39. The number of likely N-dealkylation sites (N-methyl/N-ethyl adjacent to an activating group) is 1. The van der Waals surface area contributed by atoms with Gasteiger partial charge in [0.2, 0.25) is 0 Å². The van der Waals surface area contributed by atoms with Crippen LogP contribution in [-0.4, -0.2) is 33.8 Å². The molecule has 0 atom stereocenters. The second-order valence-electron chi connectivity index (χ2n) is 5.71. The highest BCUT2D eigenvalue weighted by Gasteiger charge is 2.19. The Morgan fingerprint density at radius 2 is 1.94 bits per heavy atom. The monoisotopic (exact) mass is 251 g/mol. The molecule has 0 saturated carbocycles. The van der Waals surface area contributed by atoms with Gasteiger partial charge >= 0.3 is 0 Å². The van der Waals surface area contributed by atoms with Crippen LogP contribution in [-0.2, 0) is 0 Å². The maximum Gasteiger partial charge on any atom is 0.133 e. The van der Waals surface area contributed by atoms with Gasteiger partial charge in [0.1, 0.15) is 11.6 Å². The number of nitrogens with zero attached hydrogens (tertiary/aromatic N) is 3. The van der Waals surface area contributed by atoms with E-state index in [1.807, 2.05) is 26.8 Å². The number of anilines is 1. The lowest BCUT2D eigenvalue weighted by Gasteiger charge is -2.29. The van der Waals surface area contributed by atoms with Crippen LogP contribution in [0.4, 0.5) is 5.82 Å². The van der Waals surface area contributed by atoms with Crippen molar-refractivity contribution < 1.29 is 5.11 Å². The normalized spacial score (nSPS) is 12.0. The van der Waals surface area contributed by atoms with E-state index in [-0.39, 0.29) is 0 Å². The van der Waals surface area contributed by atoms with E-state index < -0.39 is 5.60 Å². The van der Waals surface area contributed by atoms with Crippen molar-refractivity contribution >= 4 is 5.82 Å². The molecule has 0 saturated heterocycles. The molecule has 18 heavy (non-hydrogen) atoms. The summed E-state index contributed by atoms with van der Waals surface area (Å²) in [5.74, 6) is 2.07. The third kappa shape index (κ3) is 4.26. The molecule has 4 heteroatoms. The van der Waals surface area contributed by atoms with Crippen LogP contribution in [0.5, 0.6) is 0 Å². The number of hydrogen-bond acceptors (Lipinski definition) is 4. The number of hydrogen-bond donors (Lipinski definition) is 1. The maximum absolute atomic E-state index is 9.94. The Balaban J connectivity index is 3.05. The van der Waals surface area contributed by atoms with Crippen LogP contribution in [0.1, 0.15) is 52.1 Å². The van der Waals surface area contributed by atoms with Crippen LogP contribution in [0.25, 0.3) is 0 Å². The molecule has 1 aromatic heterocycles. The quantitative estimate of drug-likeness (QED) is 0.873. The molecular weight excluding hydrogens is 226 g/mol. The van der Waals surface area contributed by atoms with Gasteiger partial charge in [0.25, 0.3) is 0 Å². The first-order chi connectivity index (χ1) is 8.23. The summed E-state index contributed by atoms with van der Waals surface area (Å²) in [4.78, 5) is 11.1. The smallest absolute Gasteiger partial charge is 0.133 e. The van der Waals surface area contributed by atoms with E-state index >= 15 is 0 Å². The fourth-order valence-electron chi connectivity index (χ4n) is 1.82. The van der Waals surface area contributed by atoms with Gasteiger partial charge in [-0.15, -0.1) is 0 Å². The average molecular weight is 251 g/mol. The number of aryl methyl sites for hydroxylation is 1. The van der Waals surface area contributed by atoms with Crippen molar-refractivity contribution in [2.24, 2.45) is 0 Å². The highest BCUT2D eigenvalue weighted by atomic mass is 16.3. The molecule has 1 aromatic rings. The molecular formula is C14H25N3O. The maximum atomic E-state index is 9.94. The van der Waals surface area contributed by atoms with E-state index in [1.165, 1.54) is 0 Å². The van der Waals surface area contributed by atoms with Crippen LogP contribution in [0.2, 0.25) is 0 Å². The van der Waals surface area contributed by atoms with E-state index in [0.717, 1.165) is 23.9 Å². The Bertz CT molecular complexity index is 397. The summed E-state index contributed by atoms with van der Waals surface area (Å²) in [7, 11) is 0. The third-order valence-corrected chi connectivity index (χ3v) is 2.66. The lowest BCUT2D eigenvalue weighted by atomic mass is 10.1. The second-order valence-corrected chi connectivity index (χ2v) is 5.71. The van der Waals surface area contributed by atoms with E-state index in [2.05, 4.69) is 35.6 Å². The van der Waals surface area contributed by atoms with E-state index in [0.29, 0.717) is 12.5 Å². The van der Waals surface area contributed by atoms with Crippen molar-refractivity contribution in [3.8, 4) is 0 Å². The van der Waals surface area contributed by atoms with Gasteiger partial charge < -0.3 is 10.0 Å². The molecule has 0 aliphatic heterocycles. The minimum Gasteiger partial charge on any atom is -0.389 e. The molecule has 0 radical (unpaired) electrons. The summed E-state index contributed by atoms with van der Waals surface area (Å²) in [5, 5.41) is 9.94. The van der Waals surface area contributed by atoms with Crippen LogP contribution in [0.3, 0.4) is 0 Å². The molecule has 1 rings (SSSR count). The molecule has 0 bridgehead atoms. The minimum atomic E-state index is -0.729. The molecule has 1 N–H and O–H groups in total. The Morgan fingerprint density at radius 1 is 1.33 bits per heavy atom. The summed E-state index contributed by atoms with van der Waals surface area (Å²) >= 11 is 0. The fourth-order valence-corrected chi connectivity index (χ4v) is 1.82. The van der Waals surface area contributed by atoms with Gasteiger partial charge in [-0.1, -0.05) is 13.8 Å². The largest absolute Gasteiger partial charge is 0.389 e. The average Bonchev–Trinajstić information content (AvgIpc) is 2.23. The fraction of sp³-hybridized carbons (Fsp3) is 0.714. The molecule has 0 aliphatic carbocycles. The molecule has 0 spiro atoms. The van der Waals surface area contributed by atoms with Crippen molar-refractivity contribution in [2.45, 2.75) is 53.1 Å². The molecule has 0 aliphatic rings. The Hall–Kier alpha value is -1.16. The van der Waals surface area contributed by atoms with Gasteiger partial charge in [-0.25, -0.2) is 9.97 Å². The van der Waals surface area contributed by atoms with Crippen molar-refractivity contribution in [1.82, 2.24) is 9.97 Å². The minimum absolute atomic E-state index is 0.310. The van der Waals surface area contributed by atoms with E-state index in [1.54, 1.807) is 0 Å². The van der Waals surface area contributed by atoms with E-state index in [9.17, 15) is 5.11 Å². The molecule has 0 amide bonds. The van der Waals surface area contributed by atoms with Crippen molar-refractivity contribution in [3.05, 3.63) is 17.6 Å². The van der Waals surface area contributed by atoms with Crippen LogP contribution in [0.15, 0.2) is 6.07 Å². The van der Waals surface area contributed by atoms with Crippen molar-refractivity contribution in [3.63, 3.8) is 0 Å². The lowest BCUT2D eigenvalue weighted by molar-refractivity contribution is 0.0874. The van der Waals surface area contributed by atoms with Gasteiger partial charge in [0.15, 0.2) is 0 Å². The standard InChI is InChI=1S/C14H25N3O/c1-7-17(9-14(5,6)18)12-8-11(4)15-13(16-12)10(2)3/h8,10,18H,7,9H2,1-6H3. The first-order valence-electron chi connectivity index (χ1n) is 6.56. The highest BCUT2D eigenvalue weighted by Crippen LogP contribution is 2.18. The SMILES string of the molecule is CCN(CC(C)(C)O)c1cc(C)nc(C(C)C)n1. The number of aromatic nitrogens is 2. The van der Waals surface area contributed by atoms with Gasteiger partial charge in [0, 0.05) is 30.8 Å². The van der Waals surface area contributed by atoms with E-state index in [4.69, 9.17) is 0 Å². The second kappa shape index (κ2) is 5.65. The number of aliphatic hydroxyl groups is 1.